The topological polar surface area (TPSA) is 85.8 Å². The summed E-state index contributed by atoms with van der Waals surface area (Å²) >= 11 is 1.31. The molecular weight excluding hydrogens is 322 g/mol. The first-order valence-corrected chi connectivity index (χ1v) is 9.38. The van der Waals surface area contributed by atoms with Gasteiger partial charge in [-0.3, -0.25) is 4.79 Å². The average Bonchev–Trinajstić information content (AvgIpc) is 3.36. The minimum atomic E-state index is -0.0720. The number of thioether (sulfide) groups is 1. The van der Waals surface area contributed by atoms with Crippen molar-refractivity contribution >= 4 is 23.4 Å². The lowest BCUT2D eigenvalue weighted by Gasteiger charge is -2.06. The van der Waals surface area contributed by atoms with Gasteiger partial charge in [0.15, 0.2) is 5.82 Å². The molecule has 0 unspecified atom stereocenters. The average molecular weight is 345 g/mol. The van der Waals surface area contributed by atoms with Crippen molar-refractivity contribution in [2.75, 3.05) is 16.9 Å². The molecule has 3 rings (SSSR count). The maximum Gasteiger partial charge on any atom is 0.234 e. The second-order valence-corrected chi connectivity index (χ2v) is 7.06. The molecule has 1 fully saturated rings. The SMILES string of the molecule is CCCCc1ccc(NC(=O)CSc2nnc(C3CC3)n2N)cc1. The number of nitrogen functional groups attached to an aromatic ring is 1. The van der Waals surface area contributed by atoms with E-state index in [1.807, 2.05) is 12.1 Å². The van der Waals surface area contributed by atoms with Gasteiger partial charge in [-0.05, 0) is 43.4 Å². The molecule has 128 valence electrons. The number of nitrogens with zero attached hydrogens (tertiary/aromatic N) is 3. The predicted octanol–water partition coefficient (Wildman–Crippen LogP) is 2.94. The van der Waals surface area contributed by atoms with Crippen LogP contribution in [0.1, 0.15) is 49.9 Å². The number of hydrogen-bond acceptors (Lipinski definition) is 5. The van der Waals surface area contributed by atoms with Crippen molar-refractivity contribution in [2.45, 2.75) is 50.1 Å². The van der Waals surface area contributed by atoms with Crippen LogP contribution in [0.25, 0.3) is 0 Å². The largest absolute Gasteiger partial charge is 0.336 e. The van der Waals surface area contributed by atoms with Gasteiger partial charge in [0, 0.05) is 11.6 Å². The van der Waals surface area contributed by atoms with Gasteiger partial charge in [-0.1, -0.05) is 37.2 Å². The van der Waals surface area contributed by atoms with E-state index in [9.17, 15) is 4.79 Å². The Hall–Kier alpha value is -2.02. The number of carbonyl (C=O) groups excluding carboxylic acids is 1. The quantitative estimate of drug-likeness (QED) is 0.567. The summed E-state index contributed by atoms with van der Waals surface area (Å²) in [4.78, 5) is 12.1. The fraction of sp³-hybridized carbons (Fsp3) is 0.471. The van der Waals surface area contributed by atoms with E-state index >= 15 is 0 Å². The molecule has 2 aromatic rings. The number of nitrogens with one attached hydrogen (secondary N) is 1. The van der Waals surface area contributed by atoms with Gasteiger partial charge in [-0.15, -0.1) is 10.2 Å². The second-order valence-electron chi connectivity index (χ2n) is 6.12. The molecule has 0 aliphatic heterocycles. The molecule has 0 atom stereocenters. The summed E-state index contributed by atoms with van der Waals surface area (Å²) in [6.45, 7) is 2.18. The zero-order chi connectivity index (χ0) is 16.9. The standard InChI is InChI=1S/C17H23N5OS/c1-2-3-4-12-5-9-14(10-6-12)19-15(23)11-24-17-21-20-16(22(17)18)13-7-8-13/h5-6,9-10,13H,2-4,7-8,11,18H2,1H3,(H,19,23). The van der Waals surface area contributed by atoms with Crippen molar-refractivity contribution in [2.24, 2.45) is 0 Å². The highest BCUT2D eigenvalue weighted by molar-refractivity contribution is 7.99. The zero-order valence-electron chi connectivity index (χ0n) is 13.9. The number of nitrogens with two attached hydrogens (primary N) is 1. The van der Waals surface area contributed by atoms with E-state index in [4.69, 9.17) is 5.84 Å². The monoisotopic (exact) mass is 345 g/mol. The minimum Gasteiger partial charge on any atom is -0.336 e. The predicted molar refractivity (Wildman–Crippen MR) is 96.6 cm³/mol. The molecule has 0 bridgehead atoms. The molecule has 0 spiro atoms. The Morgan fingerprint density at radius 1 is 1.33 bits per heavy atom. The van der Waals surface area contributed by atoms with Crippen LogP contribution in [0, 0.1) is 0 Å². The van der Waals surface area contributed by atoms with E-state index in [1.165, 1.54) is 34.8 Å². The summed E-state index contributed by atoms with van der Waals surface area (Å²) in [6.07, 6.45) is 5.69. The molecule has 24 heavy (non-hydrogen) atoms. The van der Waals surface area contributed by atoms with E-state index in [0.717, 1.165) is 30.8 Å². The van der Waals surface area contributed by atoms with Crippen molar-refractivity contribution in [3.63, 3.8) is 0 Å². The molecule has 3 N–H and O–H groups in total. The van der Waals surface area contributed by atoms with Crippen LogP contribution in [0.4, 0.5) is 5.69 Å². The van der Waals surface area contributed by atoms with Gasteiger partial charge in [0.25, 0.3) is 0 Å². The van der Waals surface area contributed by atoms with Crippen molar-refractivity contribution in [3.05, 3.63) is 35.7 Å². The maximum atomic E-state index is 12.1. The van der Waals surface area contributed by atoms with E-state index in [2.05, 4.69) is 34.6 Å². The van der Waals surface area contributed by atoms with E-state index in [1.54, 1.807) is 0 Å². The summed E-state index contributed by atoms with van der Waals surface area (Å²) < 4.78 is 1.51. The molecule has 6 nitrogen and oxygen atoms in total. The number of unbranched alkanes of at least 4 members (excludes halogenated alkanes) is 1. The first kappa shape index (κ1) is 16.8. The number of rotatable bonds is 8. The highest BCUT2D eigenvalue weighted by Gasteiger charge is 2.29. The third kappa shape index (κ3) is 4.29. The molecular formula is C17H23N5OS. The van der Waals surface area contributed by atoms with Gasteiger partial charge in [-0.2, -0.15) is 0 Å². The number of hydrogen-bond donors (Lipinski definition) is 2. The lowest BCUT2D eigenvalue weighted by atomic mass is 10.1. The molecule has 1 heterocycles. The van der Waals surface area contributed by atoms with E-state index in [0.29, 0.717) is 11.1 Å². The molecule has 1 saturated carbocycles. The van der Waals surface area contributed by atoms with Crippen molar-refractivity contribution < 1.29 is 4.79 Å². The molecule has 1 amide bonds. The van der Waals surface area contributed by atoms with Crippen LogP contribution in [-0.2, 0) is 11.2 Å². The Balaban J connectivity index is 1.48. The van der Waals surface area contributed by atoms with Crippen molar-refractivity contribution in [1.29, 1.82) is 0 Å². The van der Waals surface area contributed by atoms with Gasteiger partial charge < -0.3 is 11.2 Å². The molecule has 0 radical (unpaired) electrons. The smallest absolute Gasteiger partial charge is 0.234 e. The zero-order valence-corrected chi connectivity index (χ0v) is 14.7. The van der Waals surface area contributed by atoms with Crippen LogP contribution in [-0.4, -0.2) is 26.5 Å². The van der Waals surface area contributed by atoms with E-state index in [-0.39, 0.29) is 11.7 Å². The van der Waals surface area contributed by atoms with Crippen LogP contribution < -0.4 is 11.2 Å². The molecule has 1 aromatic carbocycles. The normalized spacial score (nSPS) is 13.9. The first-order chi connectivity index (χ1) is 11.7. The van der Waals surface area contributed by atoms with Gasteiger partial charge in [-0.25, -0.2) is 4.68 Å². The maximum absolute atomic E-state index is 12.1. The summed E-state index contributed by atoms with van der Waals surface area (Å²) in [7, 11) is 0. The van der Waals surface area contributed by atoms with E-state index < -0.39 is 0 Å². The van der Waals surface area contributed by atoms with Crippen LogP contribution in [0.5, 0.6) is 0 Å². The summed E-state index contributed by atoms with van der Waals surface area (Å²) in [5.41, 5.74) is 2.11. The van der Waals surface area contributed by atoms with Crippen LogP contribution >= 0.6 is 11.8 Å². The Kier molecular flexibility index (Phi) is 5.40. The number of aromatic nitrogens is 3. The third-order valence-corrected chi connectivity index (χ3v) is 4.97. The van der Waals surface area contributed by atoms with Crippen LogP contribution in [0.2, 0.25) is 0 Å². The van der Waals surface area contributed by atoms with Crippen molar-refractivity contribution in [3.8, 4) is 0 Å². The summed E-state index contributed by atoms with van der Waals surface area (Å²) in [6, 6.07) is 8.03. The number of amides is 1. The molecule has 1 aromatic heterocycles. The van der Waals surface area contributed by atoms with Crippen LogP contribution in [0.3, 0.4) is 0 Å². The second kappa shape index (κ2) is 7.70. The Bertz CT molecular complexity index is 694. The van der Waals surface area contributed by atoms with Gasteiger partial charge in [0.2, 0.25) is 11.1 Å². The van der Waals surface area contributed by atoms with Crippen LogP contribution in [0.15, 0.2) is 29.4 Å². The van der Waals surface area contributed by atoms with Gasteiger partial charge in [0.05, 0.1) is 5.75 Å². The lowest BCUT2D eigenvalue weighted by Crippen LogP contribution is -2.17. The van der Waals surface area contributed by atoms with Crippen molar-refractivity contribution in [1.82, 2.24) is 14.9 Å². The highest BCUT2D eigenvalue weighted by Crippen LogP contribution is 2.39. The fourth-order valence-electron chi connectivity index (χ4n) is 2.47. The first-order valence-electron chi connectivity index (χ1n) is 8.39. The highest BCUT2D eigenvalue weighted by atomic mass is 32.2. The lowest BCUT2D eigenvalue weighted by molar-refractivity contribution is -0.113. The fourth-order valence-corrected chi connectivity index (χ4v) is 3.13. The molecule has 0 saturated heterocycles. The Labute approximate surface area is 146 Å². The molecule has 1 aliphatic carbocycles. The number of aryl methyl sites for hydroxylation is 1. The Morgan fingerprint density at radius 2 is 2.08 bits per heavy atom. The van der Waals surface area contributed by atoms with Gasteiger partial charge >= 0.3 is 0 Å². The minimum absolute atomic E-state index is 0.0720. The summed E-state index contributed by atoms with van der Waals surface area (Å²) in [5, 5.41) is 11.7. The number of benzene rings is 1. The summed E-state index contributed by atoms with van der Waals surface area (Å²) in [5.74, 6) is 7.43. The van der Waals surface area contributed by atoms with Gasteiger partial charge in [0.1, 0.15) is 0 Å². The Morgan fingerprint density at radius 3 is 2.75 bits per heavy atom. The molecule has 7 heteroatoms. The number of carbonyl (C=O) groups is 1. The number of anilines is 1. The molecule has 1 aliphatic rings. The third-order valence-electron chi connectivity index (χ3n) is 4.02.